The number of benzene rings is 2. The molecule has 0 saturated heterocycles. The molecular weight excluding hydrogens is 252 g/mol. The number of amides is 1. The van der Waals surface area contributed by atoms with Crippen LogP contribution < -0.4 is 15.8 Å². The van der Waals surface area contributed by atoms with Crippen LogP contribution >= 0.6 is 0 Å². The minimum Gasteiger partial charge on any atom is -0.497 e. The smallest absolute Gasteiger partial charge is 0.249 e. The highest BCUT2D eigenvalue weighted by atomic mass is 16.5. The summed E-state index contributed by atoms with van der Waals surface area (Å²) in [5.41, 5.74) is 8.76. The zero-order valence-corrected chi connectivity index (χ0v) is 11.6. The molecule has 2 aromatic rings. The number of hydrogen-bond acceptors (Lipinski definition) is 3. The Morgan fingerprint density at radius 1 is 1.25 bits per heavy atom. The molecule has 0 aliphatic heterocycles. The van der Waals surface area contributed by atoms with Crippen LogP contribution in [0.5, 0.6) is 5.75 Å². The molecule has 0 heterocycles. The van der Waals surface area contributed by atoms with Gasteiger partial charge >= 0.3 is 0 Å². The topological polar surface area (TPSA) is 64.3 Å². The van der Waals surface area contributed by atoms with Crippen LogP contribution in [0.1, 0.15) is 21.5 Å². The van der Waals surface area contributed by atoms with Crippen molar-refractivity contribution in [1.82, 2.24) is 0 Å². The number of methoxy groups -OCH3 is 1. The molecule has 0 unspecified atom stereocenters. The van der Waals surface area contributed by atoms with Gasteiger partial charge in [0.05, 0.1) is 7.11 Å². The molecule has 4 heteroatoms. The number of hydrogen-bond donors (Lipinski definition) is 2. The summed E-state index contributed by atoms with van der Waals surface area (Å²) in [5.74, 6) is 0.416. The molecular formula is C16H18N2O2. The molecule has 0 spiro atoms. The first-order chi connectivity index (χ1) is 9.61. The number of carbonyl (C=O) groups excluding carboxylic acids is 1. The number of nitrogens with two attached hydrogens (primary N) is 1. The monoisotopic (exact) mass is 270 g/mol. The maximum Gasteiger partial charge on any atom is 0.249 e. The van der Waals surface area contributed by atoms with Gasteiger partial charge in [-0.05, 0) is 42.3 Å². The second kappa shape index (κ2) is 6.10. The summed E-state index contributed by atoms with van der Waals surface area (Å²) in [5, 5.41) is 3.31. The molecule has 0 aliphatic rings. The van der Waals surface area contributed by atoms with E-state index in [4.69, 9.17) is 10.5 Å². The summed E-state index contributed by atoms with van der Waals surface area (Å²) in [6.45, 7) is 2.54. The number of rotatable bonds is 5. The third kappa shape index (κ3) is 3.09. The predicted octanol–water partition coefficient (Wildman–Crippen LogP) is 2.71. The Hall–Kier alpha value is -2.49. The molecule has 3 N–H and O–H groups in total. The van der Waals surface area contributed by atoms with Gasteiger partial charge in [-0.3, -0.25) is 4.79 Å². The van der Waals surface area contributed by atoms with E-state index in [1.54, 1.807) is 13.2 Å². The van der Waals surface area contributed by atoms with Crippen molar-refractivity contribution in [3.63, 3.8) is 0 Å². The van der Waals surface area contributed by atoms with E-state index in [-0.39, 0.29) is 0 Å². The van der Waals surface area contributed by atoms with Gasteiger partial charge in [-0.15, -0.1) is 0 Å². The van der Waals surface area contributed by atoms with Gasteiger partial charge in [0.15, 0.2) is 0 Å². The second-order valence-corrected chi connectivity index (χ2v) is 4.55. The number of primary amides is 1. The first-order valence-electron chi connectivity index (χ1n) is 6.38. The van der Waals surface area contributed by atoms with Gasteiger partial charge in [0.2, 0.25) is 5.91 Å². The van der Waals surface area contributed by atoms with Crippen LogP contribution in [0.3, 0.4) is 0 Å². The van der Waals surface area contributed by atoms with Crippen molar-refractivity contribution >= 4 is 11.6 Å². The fourth-order valence-corrected chi connectivity index (χ4v) is 2.07. The highest BCUT2D eigenvalue weighted by molar-refractivity contribution is 5.95. The Kier molecular flexibility index (Phi) is 4.25. The van der Waals surface area contributed by atoms with Gasteiger partial charge in [0, 0.05) is 17.8 Å². The molecule has 0 saturated carbocycles. The minimum atomic E-state index is -0.410. The van der Waals surface area contributed by atoms with Gasteiger partial charge in [-0.1, -0.05) is 18.2 Å². The number of ether oxygens (including phenoxy) is 1. The van der Waals surface area contributed by atoms with Crippen molar-refractivity contribution in [2.75, 3.05) is 12.4 Å². The maximum atomic E-state index is 11.3. The van der Waals surface area contributed by atoms with Gasteiger partial charge in [0.25, 0.3) is 0 Å². The van der Waals surface area contributed by atoms with Crippen LogP contribution in [0, 0.1) is 6.92 Å². The Balaban J connectivity index is 2.14. The lowest BCUT2D eigenvalue weighted by Gasteiger charge is -2.12. The Bertz CT molecular complexity index is 624. The van der Waals surface area contributed by atoms with E-state index in [9.17, 15) is 4.79 Å². The number of nitrogens with one attached hydrogen (secondary N) is 1. The van der Waals surface area contributed by atoms with E-state index in [0.29, 0.717) is 12.1 Å². The van der Waals surface area contributed by atoms with E-state index >= 15 is 0 Å². The van der Waals surface area contributed by atoms with Gasteiger partial charge in [-0.25, -0.2) is 0 Å². The molecule has 0 atom stereocenters. The van der Waals surface area contributed by atoms with E-state index in [1.165, 1.54) is 0 Å². The molecule has 0 fully saturated rings. The third-order valence-electron chi connectivity index (χ3n) is 3.22. The van der Waals surface area contributed by atoms with Crippen LogP contribution in [-0.2, 0) is 6.54 Å². The average Bonchev–Trinajstić information content (AvgIpc) is 2.46. The van der Waals surface area contributed by atoms with Crippen LogP contribution in [0.4, 0.5) is 5.69 Å². The van der Waals surface area contributed by atoms with Crippen molar-refractivity contribution in [3.8, 4) is 5.75 Å². The maximum absolute atomic E-state index is 11.3. The molecule has 0 bridgehead atoms. The SMILES string of the molecule is COc1cccc(CNc2cccc(C(N)=O)c2C)c1. The molecule has 1 amide bonds. The fourth-order valence-electron chi connectivity index (χ4n) is 2.07. The molecule has 0 aromatic heterocycles. The molecule has 0 radical (unpaired) electrons. The predicted molar refractivity (Wildman–Crippen MR) is 80.0 cm³/mol. The first-order valence-corrected chi connectivity index (χ1v) is 6.38. The zero-order chi connectivity index (χ0) is 14.5. The molecule has 2 aromatic carbocycles. The summed E-state index contributed by atoms with van der Waals surface area (Å²) in [4.78, 5) is 11.3. The van der Waals surface area contributed by atoms with Crippen LogP contribution in [-0.4, -0.2) is 13.0 Å². The van der Waals surface area contributed by atoms with Crippen LogP contribution in [0.25, 0.3) is 0 Å². The van der Waals surface area contributed by atoms with Crippen molar-refractivity contribution in [1.29, 1.82) is 0 Å². The standard InChI is InChI=1S/C16H18N2O2/c1-11-14(16(17)19)7-4-8-15(11)18-10-12-5-3-6-13(9-12)20-2/h3-9,18H,10H2,1-2H3,(H2,17,19). The highest BCUT2D eigenvalue weighted by Gasteiger charge is 2.08. The van der Waals surface area contributed by atoms with E-state index in [2.05, 4.69) is 5.32 Å². The molecule has 4 nitrogen and oxygen atoms in total. The van der Waals surface area contributed by atoms with Crippen molar-refractivity contribution in [3.05, 3.63) is 59.2 Å². The molecule has 2 rings (SSSR count). The number of carbonyl (C=O) groups is 1. The lowest BCUT2D eigenvalue weighted by molar-refractivity contribution is 0.1000. The average molecular weight is 270 g/mol. The zero-order valence-electron chi connectivity index (χ0n) is 11.6. The van der Waals surface area contributed by atoms with Gasteiger partial charge in [0.1, 0.15) is 5.75 Å². The normalized spacial score (nSPS) is 10.1. The lowest BCUT2D eigenvalue weighted by Crippen LogP contribution is -2.13. The summed E-state index contributed by atoms with van der Waals surface area (Å²) in [6, 6.07) is 13.3. The summed E-state index contributed by atoms with van der Waals surface area (Å²) >= 11 is 0. The second-order valence-electron chi connectivity index (χ2n) is 4.55. The summed E-state index contributed by atoms with van der Waals surface area (Å²) in [6.07, 6.45) is 0. The van der Waals surface area contributed by atoms with E-state index in [0.717, 1.165) is 22.6 Å². The summed E-state index contributed by atoms with van der Waals surface area (Å²) < 4.78 is 5.19. The molecule has 0 aliphatic carbocycles. The van der Waals surface area contributed by atoms with Gasteiger partial charge < -0.3 is 15.8 Å². The van der Waals surface area contributed by atoms with Gasteiger partial charge in [-0.2, -0.15) is 0 Å². The van der Waals surface area contributed by atoms with Crippen molar-refractivity contribution < 1.29 is 9.53 Å². The van der Waals surface area contributed by atoms with Crippen LogP contribution in [0.2, 0.25) is 0 Å². The third-order valence-corrected chi connectivity index (χ3v) is 3.22. The largest absolute Gasteiger partial charge is 0.497 e. The van der Waals surface area contributed by atoms with Crippen molar-refractivity contribution in [2.24, 2.45) is 5.73 Å². The number of anilines is 1. The Morgan fingerprint density at radius 3 is 2.70 bits per heavy atom. The quantitative estimate of drug-likeness (QED) is 0.878. The van der Waals surface area contributed by atoms with E-state index < -0.39 is 5.91 Å². The first kappa shape index (κ1) is 13.9. The minimum absolute atomic E-state index is 0.410. The van der Waals surface area contributed by atoms with Crippen molar-refractivity contribution in [2.45, 2.75) is 13.5 Å². The molecule has 20 heavy (non-hydrogen) atoms. The Morgan fingerprint density at radius 2 is 2.00 bits per heavy atom. The van der Waals surface area contributed by atoms with E-state index in [1.807, 2.05) is 43.3 Å². The molecule has 104 valence electrons. The highest BCUT2D eigenvalue weighted by Crippen LogP contribution is 2.20. The lowest BCUT2D eigenvalue weighted by atomic mass is 10.1. The summed E-state index contributed by atoms with van der Waals surface area (Å²) in [7, 11) is 1.65. The Labute approximate surface area is 118 Å². The van der Waals surface area contributed by atoms with Crippen LogP contribution in [0.15, 0.2) is 42.5 Å². The fraction of sp³-hybridized carbons (Fsp3) is 0.188.